The summed E-state index contributed by atoms with van der Waals surface area (Å²) in [4.78, 5) is 16.5. The van der Waals surface area contributed by atoms with Gasteiger partial charge in [0.15, 0.2) is 0 Å². The molecule has 2 rings (SSSR count). The molecule has 2 aliphatic heterocycles. The van der Waals surface area contributed by atoms with Crippen LogP contribution in [0.1, 0.15) is 12.8 Å². The first kappa shape index (κ1) is 14.5. The third-order valence-electron chi connectivity index (χ3n) is 4.07. The van der Waals surface area contributed by atoms with Gasteiger partial charge in [0.2, 0.25) is 5.91 Å². The highest BCUT2D eigenvalue weighted by atomic mass is 16.5. The van der Waals surface area contributed by atoms with Crippen molar-refractivity contribution in [2.45, 2.75) is 25.0 Å². The molecule has 0 spiro atoms. The minimum absolute atomic E-state index is 0.0256. The van der Waals surface area contributed by atoms with Crippen LogP contribution in [0.15, 0.2) is 11.6 Å². The maximum absolute atomic E-state index is 12.5. The molecule has 5 heteroatoms. The van der Waals surface area contributed by atoms with Gasteiger partial charge >= 0.3 is 0 Å². The topological polar surface area (TPSA) is 42.0 Å². The van der Waals surface area contributed by atoms with Crippen LogP contribution in [0.2, 0.25) is 0 Å². The Hall–Kier alpha value is -0.910. The van der Waals surface area contributed by atoms with Gasteiger partial charge in [0.25, 0.3) is 0 Å². The summed E-state index contributed by atoms with van der Waals surface area (Å²) in [7, 11) is 5.42. The summed E-state index contributed by atoms with van der Waals surface area (Å²) in [5.74, 6) is 0.231. The lowest BCUT2D eigenvalue weighted by molar-refractivity contribution is -0.135. The Balaban J connectivity index is 1.91. The van der Waals surface area contributed by atoms with Crippen molar-refractivity contribution in [2.75, 3.05) is 47.5 Å². The Labute approximate surface area is 115 Å². The molecule has 0 bridgehead atoms. The minimum Gasteiger partial charge on any atom is -0.380 e. The number of carbonyl (C=O) groups excluding carboxylic acids is 1. The minimum atomic E-state index is -0.0256. The van der Waals surface area contributed by atoms with Crippen LogP contribution >= 0.6 is 0 Å². The van der Waals surface area contributed by atoms with E-state index in [-0.39, 0.29) is 18.1 Å². The molecule has 0 aromatic heterocycles. The van der Waals surface area contributed by atoms with Crippen LogP contribution in [-0.4, -0.2) is 75.4 Å². The van der Waals surface area contributed by atoms with E-state index < -0.39 is 0 Å². The van der Waals surface area contributed by atoms with Crippen molar-refractivity contribution in [3.05, 3.63) is 11.6 Å². The first-order chi connectivity index (χ1) is 9.15. The Morgan fingerprint density at radius 2 is 2.26 bits per heavy atom. The number of amides is 1. The lowest BCUT2D eigenvalue weighted by Gasteiger charge is -2.30. The van der Waals surface area contributed by atoms with Crippen LogP contribution in [0.4, 0.5) is 0 Å². The molecule has 0 aliphatic carbocycles. The van der Waals surface area contributed by atoms with E-state index in [9.17, 15) is 4.79 Å². The van der Waals surface area contributed by atoms with Gasteiger partial charge in [0.05, 0.1) is 18.8 Å². The quantitative estimate of drug-likeness (QED) is 0.697. The Bertz CT molecular complexity index is 357. The van der Waals surface area contributed by atoms with E-state index in [0.29, 0.717) is 13.2 Å². The normalized spacial score (nSPS) is 28.6. The van der Waals surface area contributed by atoms with Crippen LogP contribution < -0.4 is 0 Å². The van der Waals surface area contributed by atoms with E-state index in [1.165, 1.54) is 5.57 Å². The first-order valence-corrected chi connectivity index (χ1v) is 6.84. The zero-order valence-corrected chi connectivity index (χ0v) is 12.1. The van der Waals surface area contributed by atoms with Crippen molar-refractivity contribution >= 4 is 5.91 Å². The molecule has 1 amide bonds. The fourth-order valence-electron chi connectivity index (χ4n) is 2.85. The van der Waals surface area contributed by atoms with E-state index >= 15 is 0 Å². The van der Waals surface area contributed by atoms with Crippen molar-refractivity contribution in [1.29, 1.82) is 0 Å². The Kier molecular flexibility index (Phi) is 4.96. The fraction of sp³-hybridized carbons (Fsp3) is 0.786. The van der Waals surface area contributed by atoms with Crippen LogP contribution in [0.3, 0.4) is 0 Å². The van der Waals surface area contributed by atoms with Crippen LogP contribution in [0, 0.1) is 0 Å². The van der Waals surface area contributed by atoms with Gasteiger partial charge in [-0.3, -0.25) is 9.69 Å². The van der Waals surface area contributed by atoms with Crippen molar-refractivity contribution in [3.8, 4) is 0 Å². The predicted octanol–water partition coefficient (Wildman–Crippen LogP) is 0.511. The van der Waals surface area contributed by atoms with Gasteiger partial charge in [0.1, 0.15) is 0 Å². The molecule has 0 unspecified atom stereocenters. The highest BCUT2D eigenvalue weighted by Crippen LogP contribution is 2.21. The molecule has 2 aliphatic rings. The zero-order valence-electron chi connectivity index (χ0n) is 12.1. The number of likely N-dealkylation sites (N-methyl/N-ethyl adjacent to an activating group) is 1. The molecule has 0 aromatic rings. The van der Waals surface area contributed by atoms with E-state index in [2.05, 4.69) is 11.0 Å². The summed E-state index contributed by atoms with van der Waals surface area (Å²) in [6.07, 6.45) is 4.03. The summed E-state index contributed by atoms with van der Waals surface area (Å²) in [6, 6.07) is -0.0256. The maximum atomic E-state index is 12.5. The van der Waals surface area contributed by atoms with Crippen LogP contribution in [-0.2, 0) is 14.3 Å². The molecule has 5 nitrogen and oxygen atoms in total. The molecule has 108 valence electrons. The Morgan fingerprint density at radius 1 is 1.47 bits per heavy atom. The molecule has 1 saturated heterocycles. The maximum Gasteiger partial charge on any atom is 0.240 e. The summed E-state index contributed by atoms with van der Waals surface area (Å²) in [5.41, 5.74) is 1.29. The molecule has 0 N–H and O–H groups in total. The van der Waals surface area contributed by atoms with E-state index in [1.54, 1.807) is 14.2 Å². The number of hydrogen-bond donors (Lipinski definition) is 0. The average Bonchev–Trinajstić information content (AvgIpc) is 2.80. The van der Waals surface area contributed by atoms with E-state index in [1.807, 2.05) is 11.9 Å². The summed E-state index contributed by atoms with van der Waals surface area (Å²) < 4.78 is 10.5. The fourth-order valence-corrected chi connectivity index (χ4v) is 2.85. The molecular weight excluding hydrogens is 244 g/mol. The molecule has 0 radical (unpaired) electrons. The zero-order chi connectivity index (χ0) is 13.8. The van der Waals surface area contributed by atoms with E-state index in [0.717, 1.165) is 25.9 Å². The summed E-state index contributed by atoms with van der Waals surface area (Å²) in [6.45, 7) is 3.03. The standard InChI is InChI=1S/C14H24N2O3/c1-15-9-12(19-3)8-13(15)14(17)16-6-4-11(5-7-16)10-18-2/h4,12-13H,5-10H2,1-3H3/t12-,13-/m0/s1. The molecule has 2 atom stereocenters. The van der Waals surface area contributed by atoms with Gasteiger partial charge in [-0.05, 0) is 25.5 Å². The van der Waals surface area contributed by atoms with Gasteiger partial charge in [-0.2, -0.15) is 0 Å². The highest BCUT2D eigenvalue weighted by molar-refractivity contribution is 5.82. The third-order valence-corrected chi connectivity index (χ3v) is 4.07. The third kappa shape index (κ3) is 3.35. The second-order valence-electron chi connectivity index (χ2n) is 5.38. The van der Waals surface area contributed by atoms with Gasteiger partial charge < -0.3 is 14.4 Å². The smallest absolute Gasteiger partial charge is 0.240 e. The van der Waals surface area contributed by atoms with Crippen molar-refractivity contribution in [1.82, 2.24) is 9.80 Å². The lowest BCUT2D eigenvalue weighted by Crippen LogP contribution is -2.46. The van der Waals surface area contributed by atoms with Crippen molar-refractivity contribution in [2.24, 2.45) is 0 Å². The summed E-state index contributed by atoms with van der Waals surface area (Å²) >= 11 is 0. The molecular formula is C14H24N2O3. The van der Waals surface area contributed by atoms with Gasteiger partial charge in [-0.25, -0.2) is 0 Å². The average molecular weight is 268 g/mol. The number of rotatable bonds is 4. The van der Waals surface area contributed by atoms with Crippen LogP contribution in [0.5, 0.6) is 0 Å². The van der Waals surface area contributed by atoms with Crippen molar-refractivity contribution in [3.63, 3.8) is 0 Å². The number of hydrogen-bond acceptors (Lipinski definition) is 4. The number of likely N-dealkylation sites (tertiary alicyclic amines) is 1. The first-order valence-electron chi connectivity index (χ1n) is 6.84. The van der Waals surface area contributed by atoms with Crippen molar-refractivity contribution < 1.29 is 14.3 Å². The molecule has 19 heavy (non-hydrogen) atoms. The van der Waals surface area contributed by atoms with Gasteiger partial charge in [-0.1, -0.05) is 6.08 Å². The SMILES string of the molecule is COCC1=CCN(C(=O)[C@@H]2C[C@H](OC)CN2C)CC1. The van der Waals surface area contributed by atoms with Crippen LogP contribution in [0.25, 0.3) is 0 Å². The number of methoxy groups -OCH3 is 2. The van der Waals surface area contributed by atoms with E-state index in [4.69, 9.17) is 9.47 Å². The lowest BCUT2D eigenvalue weighted by atomic mass is 10.1. The number of carbonyl (C=O) groups is 1. The monoisotopic (exact) mass is 268 g/mol. The second kappa shape index (κ2) is 6.50. The summed E-state index contributed by atoms with van der Waals surface area (Å²) in [5, 5.41) is 0. The molecule has 2 heterocycles. The highest BCUT2D eigenvalue weighted by Gasteiger charge is 2.36. The Morgan fingerprint density at radius 3 is 2.79 bits per heavy atom. The second-order valence-corrected chi connectivity index (χ2v) is 5.38. The van der Waals surface area contributed by atoms with Gasteiger partial charge in [0, 0.05) is 33.9 Å². The largest absolute Gasteiger partial charge is 0.380 e. The predicted molar refractivity (Wildman–Crippen MR) is 73.0 cm³/mol. The number of nitrogens with zero attached hydrogens (tertiary/aromatic N) is 2. The molecule has 0 saturated carbocycles. The number of ether oxygens (including phenoxy) is 2. The molecule has 0 aromatic carbocycles. The molecule has 1 fully saturated rings. The van der Waals surface area contributed by atoms with Gasteiger partial charge in [-0.15, -0.1) is 0 Å².